The van der Waals surface area contributed by atoms with Gasteiger partial charge in [0.2, 0.25) is 0 Å². The van der Waals surface area contributed by atoms with E-state index < -0.39 is 18.4 Å². The summed E-state index contributed by atoms with van der Waals surface area (Å²) in [6.07, 6.45) is 3.54. The van der Waals surface area contributed by atoms with Crippen LogP contribution in [0.4, 0.5) is 8.78 Å². The Morgan fingerprint density at radius 3 is 2.79 bits per heavy atom. The lowest BCUT2D eigenvalue weighted by Crippen LogP contribution is -2.33. The summed E-state index contributed by atoms with van der Waals surface area (Å²) in [6, 6.07) is 0. The molecule has 0 unspecified atom stereocenters. The van der Waals surface area contributed by atoms with Crippen LogP contribution in [0.5, 0.6) is 0 Å². The van der Waals surface area contributed by atoms with Gasteiger partial charge in [-0.1, -0.05) is 6.92 Å². The van der Waals surface area contributed by atoms with E-state index in [9.17, 15) is 13.6 Å². The quantitative estimate of drug-likeness (QED) is 0.800. The van der Waals surface area contributed by atoms with Crippen molar-refractivity contribution in [1.29, 1.82) is 0 Å². The van der Waals surface area contributed by atoms with E-state index in [2.05, 4.69) is 5.10 Å². The number of aryl methyl sites for hydroxylation is 1. The number of nitrogens with zero attached hydrogens (tertiary/aromatic N) is 2. The molecular formula is C8H10F2N2O2. The Morgan fingerprint density at radius 2 is 2.36 bits per heavy atom. The van der Waals surface area contributed by atoms with Crippen molar-refractivity contribution in [2.75, 3.05) is 0 Å². The van der Waals surface area contributed by atoms with E-state index in [-0.39, 0.29) is 0 Å². The number of aliphatic carboxylic acids is 1. The number of aromatic nitrogens is 2. The lowest BCUT2D eigenvalue weighted by Gasteiger charge is -2.10. The van der Waals surface area contributed by atoms with Gasteiger partial charge in [-0.15, -0.1) is 0 Å². The van der Waals surface area contributed by atoms with Crippen molar-refractivity contribution < 1.29 is 18.7 Å². The summed E-state index contributed by atoms with van der Waals surface area (Å²) in [5.41, 5.74) is 0.797. The van der Waals surface area contributed by atoms with E-state index in [0.29, 0.717) is 6.42 Å². The molecule has 6 heteroatoms. The molecule has 1 heterocycles. The molecule has 0 aliphatic carbocycles. The second kappa shape index (κ2) is 3.73. The van der Waals surface area contributed by atoms with E-state index in [1.807, 2.05) is 6.92 Å². The Kier molecular flexibility index (Phi) is 2.83. The predicted molar refractivity (Wildman–Crippen MR) is 44.2 cm³/mol. The first-order valence-electron chi connectivity index (χ1n) is 4.08. The van der Waals surface area contributed by atoms with Crippen molar-refractivity contribution in [3.05, 3.63) is 18.0 Å². The number of hydrogen-bond acceptors (Lipinski definition) is 2. The molecule has 0 spiro atoms. The molecule has 0 aliphatic heterocycles. The minimum atomic E-state index is -3.77. The molecule has 1 aromatic heterocycles. The fraction of sp³-hybridized carbons (Fsp3) is 0.500. The predicted octanol–water partition coefficient (Wildman–Crippen LogP) is 1.17. The number of halogens is 2. The molecule has 1 N–H and O–H groups in total. The molecule has 1 rings (SSSR count). The lowest BCUT2D eigenvalue weighted by atomic mass is 10.3. The normalized spacial score (nSPS) is 11.6. The van der Waals surface area contributed by atoms with Crippen molar-refractivity contribution in [3.63, 3.8) is 0 Å². The monoisotopic (exact) mass is 204 g/mol. The molecular weight excluding hydrogens is 194 g/mol. The molecule has 0 saturated carbocycles. The molecule has 0 aliphatic rings. The van der Waals surface area contributed by atoms with Gasteiger partial charge in [-0.25, -0.2) is 4.79 Å². The van der Waals surface area contributed by atoms with Crippen LogP contribution in [0.2, 0.25) is 0 Å². The van der Waals surface area contributed by atoms with Gasteiger partial charge in [0.1, 0.15) is 6.54 Å². The summed E-state index contributed by atoms with van der Waals surface area (Å²) in [4.78, 5) is 10.1. The van der Waals surface area contributed by atoms with Crippen LogP contribution >= 0.6 is 0 Å². The number of alkyl halides is 2. The Hall–Kier alpha value is -1.46. The van der Waals surface area contributed by atoms with Crippen LogP contribution in [0.25, 0.3) is 0 Å². The van der Waals surface area contributed by atoms with Crippen LogP contribution in [0.1, 0.15) is 12.5 Å². The van der Waals surface area contributed by atoms with E-state index in [1.54, 1.807) is 0 Å². The number of carboxylic acid groups (broad SMARTS) is 1. The highest BCUT2D eigenvalue weighted by atomic mass is 19.3. The van der Waals surface area contributed by atoms with Gasteiger partial charge in [-0.3, -0.25) is 4.68 Å². The molecule has 0 radical (unpaired) electrons. The molecule has 0 atom stereocenters. The Labute approximate surface area is 79.2 Å². The first-order chi connectivity index (χ1) is 6.45. The third-order valence-corrected chi connectivity index (χ3v) is 1.77. The van der Waals surface area contributed by atoms with Crippen LogP contribution in [0, 0.1) is 0 Å². The van der Waals surface area contributed by atoms with Crippen molar-refractivity contribution in [1.82, 2.24) is 9.78 Å². The summed E-state index contributed by atoms with van der Waals surface area (Å²) < 4.78 is 26.3. The standard InChI is InChI=1S/C8H10F2N2O2/c1-2-6-3-11-12(4-6)5-8(9,10)7(13)14/h3-4H,2,5H2,1H3,(H,13,14). The fourth-order valence-corrected chi connectivity index (χ4v) is 0.947. The molecule has 4 nitrogen and oxygen atoms in total. The largest absolute Gasteiger partial charge is 0.477 e. The molecule has 78 valence electrons. The van der Waals surface area contributed by atoms with Gasteiger partial charge < -0.3 is 5.11 Å². The maximum Gasteiger partial charge on any atom is 0.376 e. The van der Waals surface area contributed by atoms with Crippen molar-refractivity contribution in [3.8, 4) is 0 Å². The van der Waals surface area contributed by atoms with Gasteiger partial charge >= 0.3 is 11.9 Å². The second-order valence-electron chi connectivity index (χ2n) is 2.91. The van der Waals surface area contributed by atoms with Gasteiger partial charge in [0.25, 0.3) is 0 Å². The minimum absolute atomic E-state index is 0.679. The molecule has 0 saturated heterocycles. The van der Waals surface area contributed by atoms with Crippen LogP contribution in [0.3, 0.4) is 0 Å². The maximum absolute atomic E-state index is 12.7. The highest BCUT2D eigenvalue weighted by molar-refractivity contribution is 5.75. The fourth-order valence-electron chi connectivity index (χ4n) is 0.947. The first-order valence-corrected chi connectivity index (χ1v) is 4.08. The van der Waals surface area contributed by atoms with Gasteiger partial charge in [-0.05, 0) is 12.0 Å². The number of hydrogen-bond donors (Lipinski definition) is 1. The highest BCUT2D eigenvalue weighted by Crippen LogP contribution is 2.16. The number of carboxylic acids is 1. The van der Waals surface area contributed by atoms with Crippen LogP contribution in [-0.2, 0) is 17.8 Å². The molecule has 0 fully saturated rings. The van der Waals surface area contributed by atoms with Crippen molar-refractivity contribution in [2.24, 2.45) is 0 Å². The topological polar surface area (TPSA) is 55.1 Å². The number of carbonyl (C=O) groups is 1. The third kappa shape index (κ3) is 2.27. The average molecular weight is 204 g/mol. The summed E-state index contributed by atoms with van der Waals surface area (Å²) in [6.45, 7) is 0.930. The van der Waals surface area contributed by atoms with Crippen LogP contribution in [-0.4, -0.2) is 26.8 Å². The van der Waals surface area contributed by atoms with E-state index in [1.165, 1.54) is 12.4 Å². The van der Waals surface area contributed by atoms with E-state index in [4.69, 9.17) is 5.11 Å². The average Bonchev–Trinajstić information content (AvgIpc) is 2.51. The van der Waals surface area contributed by atoms with E-state index >= 15 is 0 Å². The molecule has 1 aromatic rings. The van der Waals surface area contributed by atoms with Crippen LogP contribution < -0.4 is 0 Å². The van der Waals surface area contributed by atoms with Gasteiger partial charge in [0, 0.05) is 6.20 Å². The van der Waals surface area contributed by atoms with Gasteiger partial charge in [0.05, 0.1) is 6.20 Å². The smallest absolute Gasteiger partial charge is 0.376 e. The SMILES string of the molecule is CCc1cnn(CC(F)(F)C(=O)O)c1. The van der Waals surface area contributed by atoms with Gasteiger partial charge in [0.15, 0.2) is 0 Å². The molecule has 0 bridgehead atoms. The zero-order valence-electron chi connectivity index (χ0n) is 7.57. The first kappa shape index (κ1) is 10.6. The molecule has 14 heavy (non-hydrogen) atoms. The van der Waals surface area contributed by atoms with Crippen molar-refractivity contribution >= 4 is 5.97 Å². The zero-order chi connectivity index (χ0) is 10.8. The molecule has 0 aromatic carbocycles. The van der Waals surface area contributed by atoms with Crippen molar-refractivity contribution in [2.45, 2.75) is 25.8 Å². The number of rotatable bonds is 4. The zero-order valence-corrected chi connectivity index (χ0v) is 7.57. The maximum atomic E-state index is 12.7. The van der Waals surface area contributed by atoms with Crippen LogP contribution in [0.15, 0.2) is 12.4 Å². The Morgan fingerprint density at radius 1 is 1.71 bits per heavy atom. The summed E-state index contributed by atoms with van der Waals surface area (Å²) in [5.74, 6) is -5.90. The summed E-state index contributed by atoms with van der Waals surface area (Å²) in [7, 11) is 0. The molecule has 0 amide bonds. The summed E-state index contributed by atoms with van der Waals surface area (Å²) >= 11 is 0. The lowest BCUT2D eigenvalue weighted by molar-refractivity contribution is -0.167. The minimum Gasteiger partial charge on any atom is -0.477 e. The van der Waals surface area contributed by atoms with E-state index in [0.717, 1.165) is 10.2 Å². The summed E-state index contributed by atoms with van der Waals surface area (Å²) in [5, 5.41) is 11.8. The highest BCUT2D eigenvalue weighted by Gasteiger charge is 2.39. The third-order valence-electron chi connectivity index (χ3n) is 1.77. The second-order valence-corrected chi connectivity index (χ2v) is 2.91. The Balaban J connectivity index is 2.73. The van der Waals surface area contributed by atoms with Gasteiger partial charge in [-0.2, -0.15) is 13.9 Å². The Bertz CT molecular complexity index is 336.